The normalized spacial score (nSPS) is 10.9. The summed E-state index contributed by atoms with van der Waals surface area (Å²) >= 11 is 3.32. The quantitative estimate of drug-likeness (QED) is 0.322. The highest BCUT2D eigenvalue weighted by molar-refractivity contribution is 9.10. The molecule has 1 aromatic heterocycles. The molecule has 0 aliphatic heterocycles. The Hall–Kier alpha value is -3.32. The molecule has 3 aromatic carbocycles. The molecule has 0 radical (unpaired) electrons. The Morgan fingerprint density at radius 1 is 1.13 bits per heavy atom. The lowest BCUT2D eigenvalue weighted by atomic mass is 10.1. The first kappa shape index (κ1) is 20.9. The number of aromatic nitrogens is 1. The number of aromatic amines is 1. The van der Waals surface area contributed by atoms with Crippen LogP contribution in [-0.4, -0.2) is 22.7 Å². The van der Waals surface area contributed by atoms with Crippen molar-refractivity contribution in [3.05, 3.63) is 82.2 Å². The van der Waals surface area contributed by atoms with Gasteiger partial charge in [-0.1, -0.05) is 40.2 Å². The van der Waals surface area contributed by atoms with Gasteiger partial charge in [0.1, 0.15) is 17.3 Å². The molecule has 0 spiro atoms. The van der Waals surface area contributed by atoms with Crippen LogP contribution in [0.1, 0.15) is 11.3 Å². The number of hydrogen-bond acceptors (Lipinski definition) is 3. The molecule has 0 fully saturated rings. The molecule has 7 heteroatoms. The molecule has 0 unspecified atom stereocenters. The zero-order valence-electron chi connectivity index (χ0n) is 16.7. The zero-order valence-corrected chi connectivity index (χ0v) is 18.3. The van der Waals surface area contributed by atoms with Crippen molar-refractivity contribution in [3.8, 4) is 22.6 Å². The number of ether oxygens (including phenoxy) is 1. The number of phenols is 1. The minimum atomic E-state index is -0.560. The molecule has 4 aromatic rings. The van der Waals surface area contributed by atoms with E-state index in [0.29, 0.717) is 28.7 Å². The monoisotopic (exact) mass is 482 g/mol. The van der Waals surface area contributed by atoms with E-state index in [1.165, 1.54) is 6.07 Å². The maximum absolute atomic E-state index is 14.1. The van der Waals surface area contributed by atoms with E-state index in [9.17, 15) is 14.3 Å². The van der Waals surface area contributed by atoms with Crippen LogP contribution in [0.15, 0.2) is 65.1 Å². The van der Waals surface area contributed by atoms with Gasteiger partial charge in [0.15, 0.2) is 0 Å². The Morgan fingerprint density at radius 3 is 2.65 bits per heavy atom. The first-order valence-electron chi connectivity index (χ1n) is 9.72. The number of benzene rings is 3. The molecular formula is C24H20BrFN2O3. The van der Waals surface area contributed by atoms with Crippen LogP contribution in [0.5, 0.6) is 11.5 Å². The second-order valence-electron chi connectivity index (χ2n) is 7.18. The maximum atomic E-state index is 14.1. The number of aryl methyl sites for hydroxylation is 1. The van der Waals surface area contributed by atoms with Crippen LogP contribution < -0.4 is 10.1 Å². The number of H-pyrrole nitrogens is 1. The van der Waals surface area contributed by atoms with Gasteiger partial charge in [0.2, 0.25) is 0 Å². The molecule has 1 amide bonds. The molecule has 5 nitrogen and oxygen atoms in total. The van der Waals surface area contributed by atoms with Gasteiger partial charge >= 0.3 is 6.09 Å². The fourth-order valence-electron chi connectivity index (χ4n) is 3.56. The van der Waals surface area contributed by atoms with Crippen molar-refractivity contribution in [3.63, 3.8) is 0 Å². The van der Waals surface area contributed by atoms with E-state index in [-0.39, 0.29) is 11.6 Å². The third kappa shape index (κ3) is 4.72. The lowest BCUT2D eigenvalue weighted by Crippen LogP contribution is -2.28. The number of carbonyl (C=O) groups excluding carboxylic acids is 1. The highest BCUT2D eigenvalue weighted by Gasteiger charge is 2.13. The molecule has 1 heterocycles. The molecule has 31 heavy (non-hydrogen) atoms. The third-order valence-electron chi connectivity index (χ3n) is 5.03. The topological polar surface area (TPSA) is 74.4 Å². The predicted molar refractivity (Wildman–Crippen MR) is 122 cm³/mol. The Morgan fingerprint density at radius 2 is 1.90 bits per heavy atom. The molecule has 0 aliphatic carbocycles. The summed E-state index contributed by atoms with van der Waals surface area (Å²) in [5.41, 5.74) is 4.05. The molecule has 0 saturated heterocycles. The number of phenolic OH excluding ortho intramolecular Hbond substituents is 1. The number of amides is 1. The average molecular weight is 483 g/mol. The average Bonchev–Trinajstić information content (AvgIpc) is 3.04. The van der Waals surface area contributed by atoms with Crippen molar-refractivity contribution in [1.82, 2.24) is 10.3 Å². The van der Waals surface area contributed by atoms with Crippen molar-refractivity contribution in [1.29, 1.82) is 0 Å². The van der Waals surface area contributed by atoms with Gasteiger partial charge in [0.25, 0.3) is 0 Å². The Balaban J connectivity index is 1.36. The number of nitrogens with one attached hydrogen (secondary N) is 2. The van der Waals surface area contributed by atoms with Gasteiger partial charge in [0.05, 0.1) is 5.52 Å². The van der Waals surface area contributed by atoms with Gasteiger partial charge in [-0.3, -0.25) is 0 Å². The first-order chi connectivity index (χ1) is 14.9. The van der Waals surface area contributed by atoms with E-state index in [1.54, 1.807) is 30.3 Å². The molecule has 0 saturated carbocycles. The minimum absolute atomic E-state index is 0.192. The molecule has 0 aliphatic rings. The third-order valence-corrected chi connectivity index (χ3v) is 5.49. The highest BCUT2D eigenvalue weighted by Crippen LogP contribution is 2.28. The summed E-state index contributed by atoms with van der Waals surface area (Å²) in [6, 6.07) is 17.2. The Bertz CT molecular complexity index is 1250. The number of hydrogen-bond donors (Lipinski definition) is 3. The smallest absolute Gasteiger partial charge is 0.412 e. The van der Waals surface area contributed by atoms with Crippen LogP contribution in [0, 0.1) is 12.7 Å². The maximum Gasteiger partial charge on any atom is 0.412 e. The SMILES string of the molecule is Cc1[nH]c2c(F)cc(Br)cc2c1CCNC(=O)Oc1ccc(-c2cccc(O)c2)cc1. The summed E-state index contributed by atoms with van der Waals surface area (Å²) in [4.78, 5) is 15.2. The molecule has 158 valence electrons. The van der Waals surface area contributed by atoms with Gasteiger partial charge in [-0.25, -0.2) is 9.18 Å². The Labute approximate surface area is 187 Å². The number of rotatable bonds is 5. The zero-order chi connectivity index (χ0) is 22.0. The van der Waals surface area contributed by atoms with Crippen molar-refractivity contribution in [2.75, 3.05) is 6.54 Å². The fraction of sp³-hybridized carbons (Fsp3) is 0.125. The van der Waals surface area contributed by atoms with Crippen LogP contribution in [-0.2, 0) is 6.42 Å². The van der Waals surface area contributed by atoms with E-state index in [4.69, 9.17) is 4.74 Å². The summed E-state index contributed by atoms with van der Waals surface area (Å²) in [6.07, 6.45) is -0.0252. The molecule has 0 atom stereocenters. The van der Waals surface area contributed by atoms with Gasteiger partial charge in [-0.15, -0.1) is 0 Å². The van der Waals surface area contributed by atoms with E-state index in [1.807, 2.05) is 31.2 Å². The van der Waals surface area contributed by atoms with Crippen LogP contribution in [0.3, 0.4) is 0 Å². The summed E-state index contributed by atoms with van der Waals surface area (Å²) in [7, 11) is 0. The van der Waals surface area contributed by atoms with Gasteiger partial charge in [-0.05, 0) is 66.4 Å². The minimum Gasteiger partial charge on any atom is -0.508 e. The van der Waals surface area contributed by atoms with Crippen molar-refractivity contribution in [2.24, 2.45) is 0 Å². The van der Waals surface area contributed by atoms with Gasteiger partial charge in [-0.2, -0.15) is 0 Å². The van der Waals surface area contributed by atoms with Crippen LogP contribution in [0.25, 0.3) is 22.0 Å². The second kappa shape index (κ2) is 8.81. The number of halogens is 2. The summed E-state index contributed by atoms with van der Waals surface area (Å²) in [6.45, 7) is 2.23. The van der Waals surface area contributed by atoms with Crippen LogP contribution in [0.2, 0.25) is 0 Å². The molecule has 0 bridgehead atoms. The number of aromatic hydroxyl groups is 1. The Kier molecular flexibility index (Phi) is 5.95. The van der Waals surface area contributed by atoms with E-state index < -0.39 is 6.09 Å². The van der Waals surface area contributed by atoms with Crippen LogP contribution in [0.4, 0.5) is 9.18 Å². The highest BCUT2D eigenvalue weighted by atomic mass is 79.9. The van der Waals surface area contributed by atoms with E-state index in [2.05, 4.69) is 26.2 Å². The van der Waals surface area contributed by atoms with E-state index >= 15 is 0 Å². The van der Waals surface area contributed by atoms with Gasteiger partial charge in [0, 0.05) is 22.1 Å². The first-order valence-corrected chi connectivity index (χ1v) is 10.5. The van der Waals surface area contributed by atoms with Crippen molar-refractivity contribution in [2.45, 2.75) is 13.3 Å². The van der Waals surface area contributed by atoms with Gasteiger partial charge < -0.3 is 20.1 Å². The largest absolute Gasteiger partial charge is 0.508 e. The molecule has 4 rings (SSSR count). The summed E-state index contributed by atoms with van der Waals surface area (Å²) in [5, 5.41) is 13.1. The van der Waals surface area contributed by atoms with Crippen molar-refractivity contribution >= 4 is 32.9 Å². The van der Waals surface area contributed by atoms with E-state index in [0.717, 1.165) is 27.8 Å². The molecular weight excluding hydrogens is 463 g/mol. The number of fused-ring (bicyclic) bond motifs is 1. The second-order valence-corrected chi connectivity index (χ2v) is 8.10. The van der Waals surface area contributed by atoms with Crippen molar-refractivity contribution < 1.29 is 19.0 Å². The predicted octanol–water partition coefficient (Wildman–Crippen LogP) is 6.08. The number of carbonyl (C=O) groups is 1. The lowest BCUT2D eigenvalue weighted by Gasteiger charge is -2.08. The summed E-state index contributed by atoms with van der Waals surface area (Å²) < 4.78 is 20.1. The fourth-order valence-corrected chi connectivity index (χ4v) is 3.99. The molecule has 3 N–H and O–H groups in total. The van der Waals surface area contributed by atoms with Crippen LogP contribution >= 0.6 is 15.9 Å². The summed E-state index contributed by atoms with van der Waals surface area (Å²) in [5.74, 6) is 0.286. The standard InChI is InChI=1S/C24H20BrFN2O3/c1-14-20(21-12-17(25)13-22(26)23(21)28-14)9-10-27-24(30)31-19-7-5-15(6-8-19)16-3-2-4-18(29)11-16/h2-8,11-13,28-29H,9-10H2,1H3,(H,27,30). The lowest BCUT2D eigenvalue weighted by molar-refractivity contribution is 0.200.